The first-order chi connectivity index (χ1) is 18.8. The number of nitrogens with zero attached hydrogens (tertiary/aromatic N) is 2. The topological polar surface area (TPSA) is 139 Å². The summed E-state index contributed by atoms with van der Waals surface area (Å²) in [6.07, 6.45) is -3.10. The van der Waals surface area contributed by atoms with Crippen LogP contribution in [0.1, 0.15) is 40.5 Å². The molecule has 0 atom stereocenters. The molecule has 0 radical (unpaired) electrons. The van der Waals surface area contributed by atoms with Crippen molar-refractivity contribution >= 4 is 35.1 Å². The molecule has 2 amide bonds. The number of carboxylic acids is 2. The van der Waals surface area contributed by atoms with Crippen LogP contribution in [0.3, 0.4) is 0 Å². The molecule has 0 aromatic heterocycles. The van der Waals surface area contributed by atoms with Gasteiger partial charge in [-0.2, -0.15) is 13.2 Å². The summed E-state index contributed by atoms with van der Waals surface area (Å²) >= 11 is 0. The number of alkyl halides is 3. The van der Waals surface area contributed by atoms with Crippen molar-refractivity contribution in [1.29, 1.82) is 0 Å². The lowest BCUT2D eigenvalue weighted by Gasteiger charge is -2.36. The summed E-state index contributed by atoms with van der Waals surface area (Å²) in [5.74, 6) is -4.75. The van der Waals surface area contributed by atoms with Gasteiger partial charge in [-0.25, -0.2) is 14.0 Å². The average molecular weight is 571 g/mol. The largest absolute Gasteiger partial charge is 0.490 e. The van der Waals surface area contributed by atoms with E-state index in [1.54, 1.807) is 6.07 Å². The van der Waals surface area contributed by atoms with E-state index in [4.69, 9.17) is 9.90 Å². The number of carbonyl (C=O) groups excluding carboxylic acids is 2. The number of nitrogens with one attached hydrogen (secondary N) is 2. The molecule has 1 saturated heterocycles. The summed E-state index contributed by atoms with van der Waals surface area (Å²) in [4.78, 5) is 49.2. The molecule has 10 nitrogen and oxygen atoms in total. The van der Waals surface area contributed by atoms with Gasteiger partial charge in [-0.05, 0) is 48.9 Å². The fourth-order valence-corrected chi connectivity index (χ4v) is 3.65. The zero-order chi connectivity index (χ0) is 29.9. The first-order valence-electron chi connectivity index (χ1n) is 12.3. The predicted octanol–water partition coefficient (Wildman–Crippen LogP) is 3.45. The number of carboxylic acid groups (broad SMARTS) is 2. The van der Waals surface area contributed by atoms with Gasteiger partial charge in [0.25, 0.3) is 5.91 Å². The minimum Gasteiger partial charge on any atom is -0.478 e. The van der Waals surface area contributed by atoms with E-state index in [9.17, 15) is 37.1 Å². The maximum atomic E-state index is 13.2. The smallest absolute Gasteiger partial charge is 0.478 e. The molecule has 2 aromatic carbocycles. The number of anilines is 2. The highest BCUT2D eigenvalue weighted by Crippen LogP contribution is 2.29. The van der Waals surface area contributed by atoms with Crippen LogP contribution < -0.4 is 15.5 Å². The fourth-order valence-electron chi connectivity index (χ4n) is 3.65. The van der Waals surface area contributed by atoms with E-state index in [2.05, 4.69) is 27.4 Å². The molecule has 0 aliphatic carbocycles. The molecule has 1 fully saturated rings. The quantitative estimate of drug-likeness (QED) is 0.266. The highest BCUT2D eigenvalue weighted by atomic mass is 19.4. The molecule has 2 aromatic rings. The van der Waals surface area contributed by atoms with Gasteiger partial charge >= 0.3 is 18.1 Å². The number of unbranched alkanes of at least 4 members (excludes halogenated alkanes) is 1. The summed E-state index contributed by atoms with van der Waals surface area (Å²) in [7, 11) is 0. The van der Waals surface area contributed by atoms with Crippen molar-refractivity contribution in [2.75, 3.05) is 49.5 Å². The van der Waals surface area contributed by atoms with E-state index >= 15 is 0 Å². The van der Waals surface area contributed by atoms with Crippen LogP contribution in [0.15, 0.2) is 42.5 Å². The number of halogens is 4. The SMILES string of the molecule is CCCCNC(=O)CN1CCN(c2ccc(C(=O)O)cc2NC(=O)c2ccc(F)cc2)CC1.O=C(O)C(F)(F)F. The fraction of sp³-hybridized carbons (Fsp3) is 0.385. The van der Waals surface area contributed by atoms with E-state index in [-0.39, 0.29) is 17.0 Å². The summed E-state index contributed by atoms with van der Waals surface area (Å²) in [5.41, 5.74) is 1.38. The third-order valence-electron chi connectivity index (χ3n) is 5.77. The lowest BCUT2D eigenvalue weighted by Crippen LogP contribution is -2.49. The maximum absolute atomic E-state index is 13.2. The van der Waals surface area contributed by atoms with Gasteiger partial charge in [0.05, 0.1) is 23.5 Å². The van der Waals surface area contributed by atoms with Crippen LogP contribution in [0.2, 0.25) is 0 Å². The first-order valence-corrected chi connectivity index (χ1v) is 12.3. The molecule has 0 spiro atoms. The molecule has 4 N–H and O–H groups in total. The van der Waals surface area contributed by atoms with Crippen LogP contribution in [-0.4, -0.2) is 84.3 Å². The van der Waals surface area contributed by atoms with Crippen LogP contribution in [0.5, 0.6) is 0 Å². The summed E-state index contributed by atoms with van der Waals surface area (Å²) in [6, 6.07) is 9.73. The van der Waals surface area contributed by atoms with Crippen molar-refractivity contribution in [2.24, 2.45) is 0 Å². The van der Waals surface area contributed by atoms with Gasteiger partial charge in [-0.3, -0.25) is 14.5 Å². The Morgan fingerprint density at radius 2 is 1.50 bits per heavy atom. The van der Waals surface area contributed by atoms with Gasteiger partial charge in [-0.1, -0.05) is 13.3 Å². The van der Waals surface area contributed by atoms with Crippen molar-refractivity contribution in [2.45, 2.75) is 25.9 Å². The molecule has 0 unspecified atom stereocenters. The number of carbonyl (C=O) groups is 4. The van der Waals surface area contributed by atoms with E-state index < -0.39 is 29.8 Å². The van der Waals surface area contributed by atoms with Crippen molar-refractivity contribution in [3.8, 4) is 0 Å². The lowest BCUT2D eigenvalue weighted by molar-refractivity contribution is -0.192. The van der Waals surface area contributed by atoms with Crippen molar-refractivity contribution < 1.29 is 47.0 Å². The van der Waals surface area contributed by atoms with Crippen molar-refractivity contribution in [3.63, 3.8) is 0 Å². The molecule has 218 valence electrons. The Morgan fingerprint density at radius 3 is 2.02 bits per heavy atom. The monoisotopic (exact) mass is 570 g/mol. The van der Waals surface area contributed by atoms with Crippen molar-refractivity contribution in [1.82, 2.24) is 10.2 Å². The Morgan fingerprint density at radius 1 is 0.925 bits per heavy atom. The van der Waals surface area contributed by atoms with E-state index in [0.717, 1.165) is 12.8 Å². The summed E-state index contributed by atoms with van der Waals surface area (Å²) < 4.78 is 44.9. The molecule has 14 heteroatoms. The molecular weight excluding hydrogens is 540 g/mol. The lowest BCUT2D eigenvalue weighted by atomic mass is 10.1. The molecule has 1 heterocycles. The van der Waals surface area contributed by atoms with Gasteiger partial charge in [0.2, 0.25) is 5.91 Å². The maximum Gasteiger partial charge on any atom is 0.490 e. The Balaban J connectivity index is 0.000000708. The minimum atomic E-state index is -5.08. The van der Waals surface area contributed by atoms with Crippen LogP contribution >= 0.6 is 0 Å². The Kier molecular flexibility index (Phi) is 11.9. The zero-order valence-electron chi connectivity index (χ0n) is 21.6. The number of aliphatic carboxylic acids is 1. The number of amides is 2. The second-order valence-corrected chi connectivity index (χ2v) is 8.77. The first kappa shape index (κ1) is 32.0. The van der Waals surface area contributed by atoms with Crippen LogP contribution in [0.25, 0.3) is 0 Å². The Hall–Kier alpha value is -4.20. The summed E-state index contributed by atoms with van der Waals surface area (Å²) in [5, 5.41) is 22.2. The second kappa shape index (κ2) is 14.8. The number of rotatable bonds is 9. The third kappa shape index (κ3) is 10.2. The van der Waals surface area contributed by atoms with E-state index in [1.165, 1.54) is 36.4 Å². The highest BCUT2D eigenvalue weighted by molar-refractivity contribution is 6.06. The number of benzene rings is 2. The number of hydrogen-bond donors (Lipinski definition) is 4. The Bertz CT molecular complexity index is 1180. The molecule has 0 bridgehead atoms. The highest BCUT2D eigenvalue weighted by Gasteiger charge is 2.38. The second-order valence-electron chi connectivity index (χ2n) is 8.77. The van der Waals surface area contributed by atoms with Gasteiger partial charge in [-0.15, -0.1) is 0 Å². The number of piperazine rings is 1. The number of hydrogen-bond acceptors (Lipinski definition) is 6. The van der Waals surface area contributed by atoms with Crippen LogP contribution in [-0.2, 0) is 9.59 Å². The molecule has 1 aliphatic rings. The normalized spacial score (nSPS) is 13.6. The van der Waals surface area contributed by atoms with Gasteiger partial charge in [0.1, 0.15) is 5.82 Å². The van der Waals surface area contributed by atoms with E-state index in [1.807, 2.05) is 0 Å². The molecule has 0 saturated carbocycles. The summed E-state index contributed by atoms with van der Waals surface area (Å²) in [6.45, 7) is 5.65. The molecular formula is C26H30F4N4O6. The average Bonchev–Trinajstić information content (AvgIpc) is 2.89. The zero-order valence-corrected chi connectivity index (χ0v) is 21.6. The Labute approximate surface area is 227 Å². The molecule has 3 rings (SSSR count). The molecule has 40 heavy (non-hydrogen) atoms. The third-order valence-corrected chi connectivity index (χ3v) is 5.77. The van der Waals surface area contributed by atoms with E-state index in [0.29, 0.717) is 50.6 Å². The minimum absolute atomic E-state index is 0.00922. The van der Waals surface area contributed by atoms with Crippen molar-refractivity contribution in [3.05, 3.63) is 59.4 Å². The van der Waals surface area contributed by atoms with Gasteiger partial charge in [0, 0.05) is 38.3 Å². The van der Waals surface area contributed by atoms with Crippen LogP contribution in [0, 0.1) is 5.82 Å². The van der Waals surface area contributed by atoms with Gasteiger partial charge < -0.3 is 25.7 Å². The standard InChI is InChI=1S/C24H29FN4O4.C2HF3O2/c1-2-3-10-26-22(30)16-28-11-13-29(14-12-28)21-9-6-18(24(32)33)15-20(21)27-23(31)17-4-7-19(25)8-5-17;3-2(4,5)1(6)7/h4-9,15H,2-3,10-14,16H2,1H3,(H,26,30)(H,27,31)(H,32,33);(H,6,7). The number of aromatic carboxylic acids is 1. The van der Waals surface area contributed by atoms with Crippen LogP contribution in [0.4, 0.5) is 28.9 Å². The van der Waals surface area contributed by atoms with Gasteiger partial charge in [0.15, 0.2) is 0 Å². The molecule has 1 aliphatic heterocycles. The predicted molar refractivity (Wildman–Crippen MR) is 138 cm³/mol.